The van der Waals surface area contributed by atoms with Gasteiger partial charge in [-0.1, -0.05) is 6.07 Å². The summed E-state index contributed by atoms with van der Waals surface area (Å²) in [5.74, 6) is 3.53. The van der Waals surface area contributed by atoms with Gasteiger partial charge in [-0.25, -0.2) is 15.1 Å². The standard InChI is InChI=1S/C16H20N2O.ClH/c19-15(18-14-3-1-2-4-17-14)16-8-11-5-12(9-16)7-13(6-11)10-16;/h1-4,11-13H,5-10H2,(H,17,18,19);1H. The summed E-state index contributed by atoms with van der Waals surface area (Å²) >= 11 is 0. The van der Waals surface area contributed by atoms with Gasteiger partial charge in [-0.15, -0.1) is 0 Å². The largest absolute Gasteiger partial charge is 1.00 e. The fourth-order valence-corrected chi connectivity index (χ4v) is 5.11. The normalized spacial score (nSPS) is 37.3. The zero-order chi connectivity index (χ0) is 12.9. The number of aromatic amines is 1. The molecule has 0 saturated heterocycles. The molecule has 3 nitrogen and oxygen atoms in total. The third-order valence-corrected chi connectivity index (χ3v) is 5.48. The number of carbonyl (C=O) groups excluding carboxylic acids is 1. The van der Waals surface area contributed by atoms with Crippen molar-refractivity contribution in [2.24, 2.45) is 23.2 Å². The van der Waals surface area contributed by atoms with Crippen LogP contribution in [0.15, 0.2) is 24.4 Å². The van der Waals surface area contributed by atoms with Crippen LogP contribution in [0.5, 0.6) is 0 Å². The molecule has 0 radical (unpaired) electrons. The van der Waals surface area contributed by atoms with Gasteiger partial charge in [0.05, 0.1) is 11.6 Å². The van der Waals surface area contributed by atoms with E-state index in [4.69, 9.17) is 0 Å². The van der Waals surface area contributed by atoms with Crippen LogP contribution in [0, 0.1) is 23.2 Å². The maximum atomic E-state index is 12.7. The molecule has 1 aromatic rings. The van der Waals surface area contributed by atoms with E-state index in [0.29, 0.717) is 0 Å². The van der Waals surface area contributed by atoms with Gasteiger partial charge in [-0.2, -0.15) is 0 Å². The Morgan fingerprint density at radius 1 is 1.10 bits per heavy atom. The van der Waals surface area contributed by atoms with Gasteiger partial charge in [0.1, 0.15) is 0 Å². The van der Waals surface area contributed by atoms with Crippen molar-refractivity contribution in [2.75, 3.05) is 5.32 Å². The summed E-state index contributed by atoms with van der Waals surface area (Å²) in [5, 5.41) is 3.10. The molecule has 20 heavy (non-hydrogen) atoms. The van der Waals surface area contributed by atoms with Crippen LogP contribution in [-0.2, 0) is 4.79 Å². The number of amides is 1. The van der Waals surface area contributed by atoms with E-state index >= 15 is 0 Å². The van der Waals surface area contributed by atoms with Crippen LogP contribution in [0.25, 0.3) is 0 Å². The van der Waals surface area contributed by atoms with Crippen LogP contribution in [0.3, 0.4) is 0 Å². The number of pyridine rings is 1. The number of aromatic nitrogens is 1. The lowest BCUT2D eigenvalue weighted by atomic mass is 9.49. The van der Waals surface area contributed by atoms with Crippen molar-refractivity contribution in [3.05, 3.63) is 24.4 Å². The second kappa shape index (κ2) is 5.03. The van der Waals surface area contributed by atoms with Crippen LogP contribution in [-0.4, -0.2) is 5.91 Å². The monoisotopic (exact) mass is 292 g/mol. The van der Waals surface area contributed by atoms with Crippen LogP contribution >= 0.6 is 0 Å². The molecule has 1 aromatic heterocycles. The number of halogens is 1. The summed E-state index contributed by atoms with van der Waals surface area (Å²) in [7, 11) is 0. The maximum absolute atomic E-state index is 12.7. The molecule has 0 spiro atoms. The Hall–Kier alpha value is -1.09. The highest BCUT2D eigenvalue weighted by Crippen LogP contribution is 2.60. The average molecular weight is 293 g/mol. The maximum Gasteiger partial charge on any atom is 0.313 e. The third kappa shape index (κ3) is 2.22. The summed E-state index contributed by atoms with van der Waals surface area (Å²) in [5.41, 5.74) is -0.0571. The van der Waals surface area contributed by atoms with Crippen molar-refractivity contribution in [3.63, 3.8) is 0 Å². The molecule has 4 aliphatic rings. The summed E-state index contributed by atoms with van der Waals surface area (Å²) in [6.45, 7) is 0. The molecule has 5 rings (SSSR count). The van der Waals surface area contributed by atoms with Crippen molar-refractivity contribution >= 4 is 11.7 Å². The van der Waals surface area contributed by atoms with Crippen LogP contribution in [0.1, 0.15) is 38.5 Å². The molecule has 2 N–H and O–H groups in total. The molecule has 4 aliphatic carbocycles. The average Bonchev–Trinajstić information content (AvgIpc) is 2.38. The summed E-state index contributed by atoms with van der Waals surface area (Å²) in [6, 6.07) is 5.81. The second-order valence-corrected chi connectivity index (χ2v) is 6.93. The molecule has 1 amide bonds. The predicted octanol–water partition coefficient (Wildman–Crippen LogP) is -0.340. The molecule has 4 fully saturated rings. The summed E-state index contributed by atoms with van der Waals surface area (Å²) < 4.78 is 0. The third-order valence-electron chi connectivity index (χ3n) is 5.48. The van der Waals surface area contributed by atoms with Crippen molar-refractivity contribution < 1.29 is 22.2 Å². The Labute approximate surface area is 126 Å². The van der Waals surface area contributed by atoms with Crippen LogP contribution in [0.2, 0.25) is 0 Å². The van der Waals surface area contributed by atoms with Gasteiger partial charge in [0.2, 0.25) is 0 Å². The number of H-pyrrole nitrogens is 1. The molecule has 0 unspecified atom stereocenters. The molecule has 4 bridgehead atoms. The first-order valence-corrected chi connectivity index (χ1v) is 7.52. The summed E-state index contributed by atoms with van der Waals surface area (Å²) in [4.78, 5) is 15.8. The number of anilines is 1. The molecule has 0 atom stereocenters. The zero-order valence-electron chi connectivity index (χ0n) is 11.6. The van der Waals surface area contributed by atoms with Gasteiger partial charge >= 0.3 is 5.91 Å². The van der Waals surface area contributed by atoms with E-state index in [1.165, 1.54) is 19.3 Å². The number of nitrogens with one attached hydrogen (secondary N) is 2. The van der Waals surface area contributed by atoms with E-state index in [0.717, 1.165) is 42.8 Å². The highest BCUT2D eigenvalue weighted by molar-refractivity contribution is 5.94. The quantitative estimate of drug-likeness (QED) is 0.796. The minimum absolute atomic E-state index is 0. The van der Waals surface area contributed by atoms with Crippen molar-refractivity contribution in [1.29, 1.82) is 0 Å². The van der Waals surface area contributed by atoms with Crippen molar-refractivity contribution in [3.8, 4) is 0 Å². The molecule has 4 saturated carbocycles. The zero-order valence-corrected chi connectivity index (χ0v) is 12.3. The van der Waals surface area contributed by atoms with Gasteiger partial charge in [-0.3, -0.25) is 0 Å². The lowest BCUT2D eigenvalue weighted by Crippen LogP contribution is -3.00. The molecule has 0 aliphatic heterocycles. The van der Waals surface area contributed by atoms with Crippen molar-refractivity contribution in [1.82, 2.24) is 0 Å². The highest BCUT2D eigenvalue weighted by Gasteiger charge is 2.56. The first-order valence-electron chi connectivity index (χ1n) is 7.52. The van der Waals surface area contributed by atoms with E-state index in [-0.39, 0.29) is 23.7 Å². The smallest absolute Gasteiger partial charge is 0.313 e. The lowest BCUT2D eigenvalue weighted by molar-refractivity contribution is -0.360. The molecule has 108 valence electrons. The molecule has 0 aromatic carbocycles. The first-order chi connectivity index (χ1) is 9.23. The van der Waals surface area contributed by atoms with E-state index < -0.39 is 0 Å². The number of hydrogen-bond acceptors (Lipinski definition) is 1. The number of rotatable bonds is 2. The Bertz CT molecular complexity index is 467. The fraction of sp³-hybridized carbons (Fsp3) is 0.625. The van der Waals surface area contributed by atoms with Crippen LogP contribution in [0.4, 0.5) is 5.82 Å². The number of hydrogen-bond donors (Lipinski definition) is 1. The minimum atomic E-state index is -0.0571. The van der Waals surface area contributed by atoms with Gasteiger partial charge in [0, 0.05) is 6.07 Å². The topological polar surface area (TPSA) is 43.2 Å². The molecule has 4 heteroatoms. The minimum Gasteiger partial charge on any atom is -1.00 e. The van der Waals surface area contributed by atoms with Gasteiger partial charge < -0.3 is 12.4 Å². The van der Waals surface area contributed by atoms with Gasteiger partial charge in [-0.05, 0) is 62.3 Å². The summed E-state index contributed by atoms with van der Waals surface area (Å²) in [6.07, 6.45) is 9.36. The van der Waals surface area contributed by atoms with E-state index in [9.17, 15) is 4.79 Å². The highest BCUT2D eigenvalue weighted by atomic mass is 35.5. The predicted molar refractivity (Wildman–Crippen MR) is 72.2 cm³/mol. The Kier molecular flexibility index (Phi) is 3.49. The fourth-order valence-electron chi connectivity index (χ4n) is 5.11. The SMILES string of the molecule is O=C(Nc1cccc[nH+]1)C12CC3CC(CC(C3)C1)C2.[Cl-]. The Balaban J connectivity index is 0.00000121. The molecule has 1 heterocycles. The van der Waals surface area contributed by atoms with E-state index in [2.05, 4.69) is 10.3 Å². The Morgan fingerprint density at radius 3 is 2.20 bits per heavy atom. The second-order valence-electron chi connectivity index (χ2n) is 6.93. The first kappa shape index (κ1) is 13.9. The molecular weight excluding hydrogens is 272 g/mol. The van der Waals surface area contributed by atoms with Gasteiger partial charge in [0.15, 0.2) is 0 Å². The van der Waals surface area contributed by atoms with E-state index in [1.54, 1.807) is 0 Å². The lowest BCUT2D eigenvalue weighted by Gasteiger charge is -2.54. The van der Waals surface area contributed by atoms with Crippen molar-refractivity contribution in [2.45, 2.75) is 38.5 Å². The number of carbonyl (C=O) groups is 1. The van der Waals surface area contributed by atoms with Crippen LogP contribution < -0.4 is 22.7 Å². The Morgan fingerprint density at radius 2 is 1.70 bits per heavy atom. The van der Waals surface area contributed by atoms with Gasteiger partial charge in [0.25, 0.3) is 5.82 Å². The van der Waals surface area contributed by atoms with E-state index in [1.807, 2.05) is 24.4 Å². The molecular formula is C16H21ClN2O.